The van der Waals surface area contributed by atoms with Crippen LogP contribution in [-0.4, -0.2) is 25.6 Å². The smallest absolute Gasteiger partial charge is 0.241 e. The van der Waals surface area contributed by atoms with Gasteiger partial charge in [-0.3, -0.25) is 4.79 Å². The summed E-state index contributed by atoms with van der Waals surface area (Å²) in [7, 11) is 1.73. The average molecular weight is 271 g/mol. The lowest BCUT2D eigenvalue weighted by atomic mass is 10.2. The lowest BCUT2D eigenvalue weighted by molar-refractivity contribution is -0.117. The highest BCUT2D eigenvalue weighted by Gasteiger charge is 2.13. The lowest BCUT2D eigenvalue weighted by Gasteiger charge is -2.15. The van der Waals surface area contributed by atoms with Gasteiger partial charge in [-0.25, -0.2) is 0 Å². The van der Waals surface area contributed by atoms with Crippen LogP contribution in [0.5, 0.6) is 5.75 Å². The first-order chi connectivity index (χ1) is 8.58. The molecule has 0 bridgehead atoms. The highest BCUT2D eigenvalue weighted by molar-refractivity contribution is 6.31. The van der Waals surface area contributed by atoms with Crippen molar-refractivity contribution in [1.82, 2.24) is 5.32 Å². The zero-order valence-electron chi connectivity index (χ0n) is 10.9. The summed E-state index contributed by atoms with van der Waals surface area (Å²) in [4.78, 5) is 11.8. The summed E-state index contributed by atoms with van der Waals surface area (Å²) in [6.45, 7) is 4.41. The van der Waals surface area contributed by atoms with Crippen molar-refractivity contribution in [3.8, 4) is 5.75 Å². The van der Waals surface area contributed by atoms with Crippen molar-refractivity contribution < 1.29 is 9.53 Å². The molecule has 0 saturated heterocycles. The molecule has 0 saturated carbocycles. The van der Waals surface area contributed by atoms with Crippen LogP contribution in [0.3, 0.4) is 0 Å². The second-order valence-electron chi connectivity index (χ2n) is 3.99. The summed E-state index contributed by atoms with van der Waals surface area (Å²) in [5, 5.41) is 6.24. The lowest BCUT2D eigenvalue weighted by Crippen LogP contribution is -2.35. The van der Waals surface area contributed by atoms with Gasteiger partial charge in [0.1, 0.15) is 5.75 Å². The molecule has 0 aromatic heterocycles. The first-order valence-electron chi connectivity index (χ1n) is 5.99. The summed E-state index contributed by atoms with van der Waals surface area (Å²) in [5.74, 6) is 0.513. The second-order valence-corrected chi connectivity index (χ2v) is 4.42. The van der Waals surface area contributed by atoms with Crippen molar-refractivity contribution >= 4 is 23.2 Å². The first-order valence-corrected chi connectivity index (χ1v) is 6.36. The summed E-state index contributed by atoms with van der Waals surface area (Å²) >= 11 is 5.93. The standard InChI is InChI=1S/C13H19ClN2O2/c1-4-7-18-12-6-5-10(14)8-11(12)16-13(17)9(2)15-3/h5-6,8-9,15H,4,7H2,1-3H3,(H,16,17). The van der Waals surface area contributed by atoms with Gasteiger partial charge in [0, 0.05) is 5.02 Å². The Kier molecular flexibility index (Phi) is 5.95. The van der Waals surface area contributed by atoms with E-state index in [1.54, 1.807) is 32.2 Å². The molecule has 4 nitrogen and oxygen atoms in total. The average Bonchev–Trinajstić information content (AvgIpc) is 2.36. The van der Waals surface area contributed by atoms with E-state index >= 15 is 0 Å². The van der Waals surface area contributed by atoms with Gasteiger partial charge in [0.05, 0.1) is 18.3 Å². The number of amides is 1. The van der Waals surface area contributed by atoms with E-state index in [-0.39, 0.29) is 11.9 Å². The predicted molar refractivity (Wildman–Crippen MR) is 74.4 cm³/mol. The van der Waals surface area contributed by atoms with Gasteiger partial charge in [0.15, 0.2) is 0 Å². The number of hydrogen-bond acceptors (Lipinski definition) is 3. The number of benzene rings is 1. The SMILES string of the molecule is CCCOc1ccc(Cl)cc1NC(=O)C(C)NC. The maximum absolute atomic E-state index is 11.8. The Morgan fingerprint density at radius 3 is 2.83 bits per heavy atom. The number of carbonyl (C=O) groups is 1. The Morgan fingerprint density at radius 2 is 2.22 bits per heavy atom. The first kappa shape index (κ1) is 14.8. The van der Waals surface area contributed by atoms with Crippen LogP contribution in [0.4, 0.5) is 5.69 Å². The van der Waals surface area contributed by atoms with Crippen molar-refractivity contribution in [1.29, 1.82) is 0 Å². The van der Waals surface area contributed by atoms with Gasteiger partial charge in [0.2, 0.25) is 5.91 Å². The molecule has 1 amide bonds. The van der Waals surface area contributed by atoms with Crippen LogP contribution in [0, 0.1) is 0 Å². The molecule has 0 radical (unpaired) electrons. The molecular weight excluding hydrogens is 252 g/mol. The van der Waals surface area contributed by atoms with Crippen molar-refractivity contribution in [2.24, 2.45) is 0 Å². The number of likely N-dealkylation sites (N-methyl/N-ethyl adjacent to an activating group) is 1. The minimum Gasteiger partial charge on any atom is -0.491 e. The van der Waals surface area contributed by atoms with Gasteiger partial charge in [-0.2, -0.15) is 0 Å². The third-order valence-corrected chi connectivity index (χ3v) is 2.72. The number of carbonyl (C=O) groups excluding carboxylic acids is 1. The highest BCUT2D eigenvalue weighted by atomic mass is 35.5. The Labute approximate surface area is 113 Å². The maximum Gasteiger partial charge on any atom is 0.241 e. The Morgan fingerprint density at radius 1 is 1.50 bits per heavy atom. The summed E-state index contributed by atoms with van der Waals surface area (Å²) in [5.41, 5.74) is 0.600. The fourth-order valence-electron chi connectivity index (χ4n) is 1.31. The van der Waals surface area contributed by atoms with E-state index in [9.17, 15) is 4.79 Å². The van der Waals surface area contributed by atoms with Crippen molar-refractivity contribution in [2.75, 3.05) is 19.0 Å². The molecule has 100 valence electrons. The number of anilines is 1. The molecule has 18 heavy (non-hydrogen) atoms. The maximum atomic E-state index is 11.8. The summed E-state index contributed by atoms with van der Waals surface area (Å²) in [6, 6.07) is 4.91. The van der Waals surface area contributed by atoms with E-state index < -0.39 is 0 Å². The topological polar surface area (TPSA) is 50.4 Å². The van der Waals surface area contributed by atoms with Gasteiger partial charge in [0.25, 0.3) is 0 Å². The molecule has 0 aliphatic heterocycles. The summed E-state index contributed by atoms with van der Waals surface area (Å²) < 4.78 is 5.56. The third-order valence-electron chi connectivity index (χ3n) is 2.49. The molecule has 1 aromatic carbocycles. The quantitative estimate of drug-likeness (QED) is 0.836. The number of halogens is 1. The normalized spacial score (nSPS) is 12.0. The largest absolute Gasteiger partial charge is 0.491 e. The second kappa shape index (κ2) is 7.24. The van der Waals surface area contributed by atoms with E-state index in [2.05, 4.69) is 10.6 Å². The monoisotopic (exact) mass is 270 g/mol. The van der Waals surface area contributed by atoms with Gasteiger partial charge >= 0.3 is 0 Å². The van der Waals surface area contributed by atoms with Gasteiger partial charge in [-0.1, -0.05) is 18.5 Å². The molecule has 0 aliphatic carbocycles. The Balaban J connectivity index is 2.84. The van der Waals surface area contributed by atoms with E-state index in [0.29, 0.717) is 23.1 Å². The van der Waals surface area contributed by atoms with E-state index in [4.69, 9.17) is 16.3 Å². The van der Waals surface area contributed by atoms with Crippen molar-refractivity contribution in [3.05, 3.63) is 23.2 Å². The fraction of sp³-hybridized carbons (Fsp3) is 0.462. The van der Waals surface area contributed by atoms with Crippen LogP contribution in [0.15, 0.2) is 18.2 Å². The summed E-state index contributed by atoms with van der Waals surface area (Å²) in [6.07, 6.45) is 0.906. The molecule has 1 rings (SSSR count). The molecule has 2 N–H and O–H groups in total. The molecule has 1 aromatic rings. The van der Waals surface area contributed by atoms with Crippen molar-refractivity contribution in [2.45, 2.75) is 26.3 Å². The Bertz CT molecular complexity index is 410. The molecule has 5 heteroatoms. The van der Waals surface area contributed by atoms with Crippen LogP contribution in [0.1, 0.15) is 20.3 Å². The van der Waals surface area contributed by atoms with Crippen molar-refractivity contribution in [3.63, 3.8) is 0 Å². The van der Waals surface area contributed by atoms with Gasteiger partial charge in [-0.15, -0.1) is 0 Å². The predicted octanol–water partition coefficient (Wildman–Crippen LogP) is 2.68. The number of ether oxygens (including phenoxy) is 1. The molecule has 0 spiro atoms. The Hall–Kier alpha value is -1.26. The molecule has 1 unspecified atom stereocenters. The molecule has 0 aliphatic rings. The van der Waals surface area contributed by atoms with Crippen LogP contribution < -0.4 is 15.4 Å². The number of nitrogens with one attached hydrogen (secondary N) is 2. The van der Waals surface area contributed by atoms with Crippen LogP contribution in [0.2, 0.25) is 5.02 Å². The minimum absolute atomic E-state index is 0.124. The molecule has 0 heterocycles. The van der Waals surface area contributed by atoms with E-state index in [1.165, 1.54) is 0 Å². The van der Waals surface area contributed by atoms with E-state index in [1.807, 2.05) is 6.92 Å². The van der Waals surface area contributed by atoms with Gasteiger partial charge in [-0.05, 0) is 38.6 Å². The number of rotatable bonds is 6. The zero-order chi connectivity index (χ0) is 13.5. The molecular formula is C13H19ClN2O2. The van der Waals surface area contributed by atoms with Crippen LogP contribution >= 0.6 is 11.6 Å². The fourth-order valence-corrected chi connectivity index (χ4v) is 1.48. The number of hydrogen-bond donors (Lipinski definition) is 2. The van der Waals surface area contributed by atoms with Crippen LogP contribution in [0.25, 0.3) is 0 Å². The zero-order valence-corrected chi connectivity index (χ0v) is 11.7. The highest BCUT2D eigenvalue weighted by Crippen LogP contribution is 2.28. The molecule has 1 atom stereocenters. The van der Waals surface area contributed by atoms with E-state index in [0.717, 1.165) is 6.42 Å². The molecule has 0 fully saturated rings. The third kappa shape index (κ3) is 4.20. The minimum atomic E-state index is -0.275. The van der Waals surface area contributed by atoms with Crippen LogP contribution in [-0.2, 0) is 4.79 Å². The van der Waals surface area contributed by atoms with Gasteiger partial charge < -0.3 is 15.4 Å².